The topological polar surface area (TPSA) is 12.0 Å². The second-order valence-corrected chi connectivity index (χ2v) is 5.31. The van der Waals surface area contributed by atoms with Crippen LogP contribution in [0.2, 0.25) is 10.0 Å². The molecule has 0 amide bonds. The summed E-state index contributed by atoms with van der Waals surface area (Å²) in [5, 5.41) is 4.52. The largest absolute Gasteiger partial charge is 0.385 e. The van der Waals surface area contributed by atoms with Gasteiger partial charge >= 0.3 is 0 Å². The summed E-state index contributed by atoms with van der Waals surface area (Å²) in [5.74, 6) is 2.39. The van der Waals surface area contributed by atoms with Gasteiger partial charge < -0.3 is 5.32 Å². The van der Waals surface area contributed by atoms with Gasteiger partial charge in [-0.2, -0.15) is 11.8 Å². The van der Waals surface area contributed by atoms with Crippen LogP contribution in [0.15, 0.2) is 18.2 Å². The van der Waals surface area contributed by atoms with Gasteiger partial charge in [0.15, 0.2) is 0 Å². The van der Waals surface area contributed by atoms with Crippen LogP contribution in [-0.2, 0) is 0 Å². The molecule has 15 heavy (non-hydrogen) atoms. The molecular weight excluding hydrogens is 249 g/mol. The molecule has 0 heterocycles. The van der Waals surface area contributed by atoms with Crippen molar-refractivity contribution in [3.05, 3.63) is 28.2 Å². The van der Waals surface area contributed by atoms with Crippen molar-refractivity contribution in [2.75, 3.05) is 23.4 Å². The van der Waals surface area contributed by atoms with Crippen LogP contribution in [0.25, 0.3) is 0 Å². The molecule has 1 N–H and O–H groups in total. The molecular formula is C11H15Cl2NS. The molecule has 0 aliphatic rings. The number of nitrogens with one attached hydrogen (secondary N) is 1. The summed E-state index contributed by atoms with van der Waals surface area (Å²) >= 11 is 13.7. The normalized spacial score (nSPS) is 10.3. The summed E-state index contributed by atoms with van der Waals surface area (Å²) in [4.78, 5) is 0. The maximum absolute atomic E-state index is 5.90. The number of halogens is 2. The molecule has 0 bridgehead atoms. The van der Waals surface area contributed by atoms with Crippen molar-refractivity contribution in [3.8, 4) is 0 Å². The molecule has 4 heteroatoms. The van der Waals surface area contributed by atoms with E-state index in [2.05, 4.69) is 12.2 Å². The van der Waals surface area contributed by atoms with Crippen LogP contribution in [0, 0.1) is 0 Å². The maximum atomic E-state index is 5.90. The first-order valence-electron chi connectivity index (χ1n) is 5.00. The lowest BCUT2D eigenvalue weighted by Crippen LogP contribution is -2.02. The van der Waals surface area contributed by atoms with Gasteiger partial charge in [-0.1, -0.05) is 30.1 Å². The van der Waals surface area contributed by atoms with Gasteiger partial charge in [-0.05, 0) is 36.1 Å². The predicted octanol–water partition coefficient (Wildman–Crippen LogP) is 4.55. The van der Waals surface area contributed by atoms with Gasteiger partial charge in [0.2, 0.25) is 0 Å². The standard InChI is InChI=1S/C11H15Cl2NS/c1-2-15-7-3-6-14-9-4-5-10(12)11(13)8-9/h4-5,8,14H,2-3,6-7H2,1H3. The molecule has 0 saturated carbocycles. The summed E-state index contributed by atoms with van der Waals surface area (Å²) in [6.45, 7) is 3.15. The summed E-state index contributed by atoms with van der Waals surface area (Å²) in [7, 11) is 0. The van der Waals surface area contributed by atoms with Crippen LogP contribution in [0.1, 0.15) is 13.3 Å². The highest BCUT2D eigenvalue weighted by Crippen LogP contribution is 2.24. The van der Waals surface area contributed by atoms with E-state index in [0.29, 0.717) is 10.0 Å². The van der Waals surface area contributed by atoms with Crippen LogP contribution in [0.4, 0.5) is 5.69 Å². The molecule has 1 aromatic carbocycles. The Kier molecular flexibility index (Phi) is 6.30. The van der Waals surface area contributed by atoms with Crippen LogP contribution in [0.3, 0.4) is 0 Å². The molecule has 0 fully saturated rings. The molecule has 84 valence electrons. The molecule has 0 aromatic heterocycles. The number of benzene rings is 1. The number of thioether (sulfide) groups is 1. The maximum Gasteiger partial charge on any atom is 0.0612 e. The lowest BCUT2D eigenvalue weighted by molar-refractivity contribution is 0.992. The van der Waals surface area contributed by atoms with Gasteiger partial charge in [0.05, 0.1) is 10.0 Å². The van der Waals surface area contributed by atoms with Crippen molar-refractivity contribution in [2.24, 2.45) is 0 Å². The zero-order chi connectivity index (χ0) is 11.1. The quantitative estimate of drug-likeness (QED) is 0.756. The van der Waals surface area contributed by atoms with E-state index in [1.165, 1.54) is 17.9 Å². The fourth-order valence-corrected chi connectivity index (χ4v) is 2.09. The van der Waals surface area contributed by atoms with Crippen molar-refractivity contribution in [1.82, 2.24) is 0 Å². The molecule has 1 nitrogen and oxygen atoms in total. The third-order valence-corrected chi connectivity index (χ3v) is 3.64. The first-order chi connectivity index (χ1) is 7.24. The Morgan fingerprint density at radius 2 is 2.07 bits per heavy atom. The fraction of sp³-hybridized carbons (Fsp3) is 0.455. The van der Waals surface area contributed by atoms with Crippen LogP contribution in [0.5, 0.6) is 0 Å². The van der Waals surface area contributed by atoms with E-state index in [0.717, 1.165) is 12.2 Å². The molecule has 0 aliphatic carbocycles. The lowest BCUT2D eigenvalue weighted by Gasteiger charge is -2.06. The average Bonchev–Trinajstić information content (AvgIpc) is 2.23. The highest BCUT2D eigenvalue weighted by Gasteiger charge is 1.98. The van der Waals surface area contributed by atoms with Crippen molar-refractivity contribution >= 4 is 40.7 Å². The minimum atomic E-state index is 0.601. The Hall–Kier alpha value is -0.0500. The monoisotopic (exact) mass is 263 g/mol. The zero-order valence-corrected chi connectivity index (χ0v) is 11.1. The van der Waals surface area contributed by atoms with E-state index in [1.54, 1.807) is 0 Å². The highest BCUT2D eigenvalue weighted by atomic mass is 35.5. The Morgan fingerprint density at radius 3 is 2.73 bits per heavy atom. The predicted molar refractivity (Wildman–Crippen MR) is 72.6 cm³/mol. The fourth-order valence-electron chi connectivity index (χ4n) is 1.16. The Balaban J connectivity index is 2.28. The van der Waals surface area contributed by atoms with Gasteiger partial charge in [0, 0.05) is 12.2 Å². The van der Waals surface area contributed by atoms with Gasteiger partial charge in [-0.15, -0.1) is 0 Å². The first kappa shape index (κ1) is 13.0. The van der Waals surface area contributed by atoms with Gasteiger partial charge in [-0.3, -0.25) is 0 Å². The smallest absolute Gasteiger partial charge is 0.0612 e. The molecule has 0 atom stereocenters. The van der Waals surface area contributed by atoms with Gasteiger partial charge in [0.25, 0.3) is 0 Å². The molecule has 0 aliphatic heterocycles. The number of hydrogen-bond donors (Lipinski definition) is 1. The second kappa shape index (κ2) is 7.26. The van der Waals surface area contributed by atoms with Crippen molar-refractivity contribution in [2.45, 2.75) is 13.3 Å². The zero-order valence-electron chi connectivity index (χ0n) is 8.72. The Labute approximate surface area is 106 Å². The summed E-state index contributed by atoms with van der Waals surface area (Å²) in [6, 6.07) is 5.62. The van der Waals surface area contributed by atoms with Gasteiger partial charge in [-0.25, -0.2) is 0 Å². The SMILES string of the molecule is CCSCCCNc1ccc(Cl)c(Cl)c1. The lowest BCUT2D eigenvalue weighted by atomic mass is 10.3. The van der Waals surface area contributed by atoms with Crippen LogP contribution < -0.4 is 5.32 Å². The van der Waals surface area contributed by atoms with Crippen molar-refractivity contribution in [3.63, 3.8) is 0 Å². The molecule has 1 aromatic rings. The van der Waals surface area contributed by atoms with Crippen molar-refractivity contribution < 1.29 is 0 Å². The number of anilines is 1. The van der Waals surface area contributed by atoms with Crippen LogP contribution in [-0.4, -0.2) is 18.1 Å². The Morgan fingerprint density at radius 1 is 1.27 bits per heavy atom. The summed E-state index contributed by atoms with van der Waals surface area (Å²) < 4.78 is 0. The Bertz CT molecular complexity index is 305. The minimum Gasteiger partial charge on any atom is -0.385 e. The van der Waals surface area contributed by atoms with Crippen molar-refractivity contribution in [1.29, 1.82) is 0 Å². The number of hydrogen-bond acceptors (Lipinski definition) is 2. The molecule has 0 radical (unpaired) electrons. The average molecular weight is 264 g/mol. The van der Waals surface area contributed by atoms with E-state index in [4.69, 9.17) is 23.2 Å². The molecule has 1 rings (SSSR count). The van der Waals surface area contributed by atoms with E-state index in [1.807, 2.05) is 30.0 Å². The minimum absolute atomic E-state index is 0.601. The molecule has 0 unspecified atom stereocenters. The highest BCUT2D eigenvalue weighted by molar-refractivity contribution is 7.99. The second-order valence-electron chi connectivity index (χ2n) is 3.11. The summed E-state index contributed by atoms with van der Waals surface area (Å²) in [5.41, 5.74) is 1.03. The van der Waals surface area contributed by atoms with E-state index >= 15 is 0 Å². The first-order valence-corrected chi connectivity index (χ1v) is 6.91. The third kappa shape index (κ3) is 5.01. The van der Waals surface area contributed by atoms with E-state index in [9.17, 15) is 0 Å². The summed E-state index contributed by atoms with van der Waals surface area (Å²) in [6.07, 6.45) is 1.17. The molecule has 0 spiro atoms. The third-order valence-electron chi connectivity index (χ3n) is 1.92. The molecule has 0 saturated heterocycles. The van der Waals surface area contributed by atoms with Crippen LogP contribution >= 0.6 is 35.0 Å². The van der Waals surface area contributed by atoms with E-state index < -0.39 is 0 Å². The van der Waals surface area contributed by atoms with Gasteiger partial charge in [0.1, 0.15) is 0 Å². The van der Waals surface area contributed by atoms with E-state index in [-0.39, 0.29) is 0 Å². The number of rotatable bonds is 6.